The molecule has 0 heterocycles. The number of carbonyl (C=O) groups is 2. The fourth-order valence-electron chi connectivity index (χ4n) is 3.33. The molecule has 0 aliphatic heterocycles. The second-order valence-electron chi connectivity index (χ2n) is 8.85. The van der Waals surface area contributed by atoms with Gasteiger partial charge in [0.15, 0.2) is 0 Å². The van der Waals surface area contributed by atoms with E-state index in [1.807, 2.05) is 6.07 Å². The summed E-state index contributed by atoms with van der Waals surface area (Å²) < 4.78 is 15.8. The Morgan fingerprint density at radius 3 is 2.35 bits per heavy atom. The standard InChI is InChI=1S/C25H43N3O6/c1-17(2)19(14-21(26)22(29)16-28-24(30)18(3)33-5)15-27-25(31)20-10-6-7-11-23(20)34-13-9-8-12-32-4/h6-7,10-11,17-19,21-22,29H,8-9,12-16,26H2,1-5H3,(H,27,31)(H,28,30). The molecule has 0 radical (unpaired) electrons. The molecule has 0 aliphatic rings. The third-order valence-electron chi connectivity index (χ3n) is 5.88. The average molecular weight is 482 g/mol. The van der Waals surface area contributed by atoms with E-state index in [0.717, 1.165) is 12.8 Å². The molecule has 2 amide bonds. The Kier molecular flexibility index (Phi) is 14.4. The number of carbonyl (C=O) groups excluding carboxylic acids is 2. The van der Waals surface area contributed by atoms with E-state index in [1.54, 1.807) is 32.2 Å². The van der Waals surface area contributed by atoms with Crippen LogP contribution in [0.15, 0.2) is 24.3 Å². The maximum absolute atomic E-state index is 12.9. The zero-order valence-electron chi connectivity index (χ0n) is 21.2. The summed E-state index contributed by atoms with van der Waals surface area (Å²) in [6.45, 7) is 7.37. The number of unbranched alkanes of at least 4 members (excludes halogenated alkanes) is 1. The third-order valence-corrected chi connectivity index (χ3v) is 5.88. The van der Waals surface area contributed by atoms with Crippen molar-refractivity contribution in [3.63, 3.8) is 0 Å². The lowest BCUT2D eigenvalue weighted by Gasteiger charge is -2.27. The van der Waals surface area contributed by atoms with Gasteiger partial charge in [-0.25, -0.2) is 0 Å². The number of aliphatic hydroxyl groups excluding tert-OH is 1. The van der Waals surface area contributed by atoms with Crippen molar-refractivity contribution in [3.8, 4) is 5.75 Å². The van der Waals surface area contributed by atoms with Crippen molar-refractivity contribution in [2.45, 2.75) is 58.3 Å². The molecule has 1 aromatic carbocycles. The van der Waals surface area contributed by atoms with Crippen LogP contribution in [0.5, 0.6) is 5.75 Å². The largest absolute Gasteiger partial charge is 0.493 e. The second-order valence-corrected chi connectivity index (χ2v) is 8.85. The lowest BCUT2D eigenvalue weighted by molar-refractivity contribution is -0.130. The highest BCUT2D eigenvalue weighted by Gasteiger charge is 2.24. The smallest absolute Gasteiger partial charge is 0.255 e. The summed E-state index contributed by atoms with van der Waals surface area (Å²) in [4.78, 5) is 24.7. The van der Waals surface area contributed by atoms with Crippen LogP contribution in [0.25, 0.3) is 0 Å². The zero-order valence-corrected chi connectivity index (χ0v) is 21.2. The highest BCUT2D eigenvalue weighted by atomic mass is 16.5. The molecule has 1 aromatic rings. The highest BCUT2D eigenvalue weighted by molar-refractivity contribution is 5.96. The monoisotopic (exact) mass is 481 g/mol. The predicted octanol–water partition coefficient (Wildman–Crippen LogP) is 1.72. The molecule has 9 nitrogen and oxygen atoms in total. The Hall–Kier alpha value is -2.20. The summed E-state index contributed by atoms with van der Waals surface area (Å²) in [6, 6.07) is 6.62. The topological polar surface area (TPSA) is 132 Å². The van der Waals surface area contributed by atoms with Crippen molar-refractivity contribution in [1.82, 2.24) is 10.6 Å². The number of rotatable bonds is 17. The van der Waals surface area contributed by atoms with Gasteiger partial charge in [0.2, 0.25) is 5.91 Å². The summed E-state index contributed by atoms with van der Waals surface area (Å²) >= 11 is 0. The van der Waals surface area contributed by atoms with Crippen molar-refractivity contribution in [2.75, 3.05) is 40.5 Å². The molecule has 4 atom stereocenters. The second kappa shape index (κ2) is 16.4. The van der Waals surface area contributed by atoms with Gasteiger partial charge < -0.3 is 35.7 Å². The summed E-state index contributed by atoms with van der Waals surface area (Å²) in [5.41, 5.74) is 6.69. The van der Waals surface area contributed by atoms with Gasteiger partial charge in [-0.15, -0.1) is 0 Å². The van der Waals surface area contributed by atoms with E-state index in [9.17, 15) is 14.7 Å². The molecule has 1 rings (SSSR count). The highest BCUT2D eigenvalue weighted by Crippen LogP contribution is 2.20. The lowest BCUT2D eigenvalue weighted by atomic mass is 9.87. The molecular formula is C25H43N3O6. The van der Waals surface area contributed by atoms with Crippen LogP contribution in [0.3, 0.4) is 0 Å². The number of benzene rings is 1. The first kappa shape index (κ1) is 29.8. The Bertz CT molecular complexity index is 730. The molecule has 0 bridgehead atoms. The fourth-order valence-corrected chi connectivity index (χ4v) is 3.33. The number of nitrogens with two attached hydrogens (primary N) is 1. The number of ether oxygens (including phenoxy) is 3. The Morgan fingerprint density at radius 1 is 1.03 bits per heavy atom. The number of aliphatic hydroxyl groups is 1. The van der Waals surface area contributed by atoms with Crippen LogP contribution in [0, 0.1) is 11.8 Å². The molecule has 0 saturated carbocycles. The van der Waals surface area contributed by atoms with Gasteiger partial charge in [-0.3, -0.25) is 9.59 Å². The zero-order chi connectivity index (χ0) is 25.5. The quantitative estimate of drug-likeness (QED) is 0.249. The Balaban J connectivity index is 2.61. The summed E-state index contributed by atoms with van der Waals surface area (Å²) in [5.74, 6) is 0.305. The number of para-hydroxylation sites is 1. The minimum atomic E-state index is -0.905. The summed E-state index contributed by atoms with van der Waals surface area (Å²) in [6.07, 6.45) is 0.718. The molecule has 194 valence electrons. The molecule has 0 saturated heterocycles. The van der Waals surface area contributed by atoms with Gasteiger partial charge in [0.05, 0.1) is 18.3 Å². The Labute approximate surface area is 203 Å². The predicted molar refractivity (Wildman–Crippen MR) is 132 cm³/mol. The third kappa shape index (κ3) is 10.8. The van der Waals surface area contributed by atoms with Crippen molar-refractivity contribution in [2.24, 2.45) is 17.6 Å². The van der Waals surface area contributed by atoms with E-state index in [1.165, 1.54) is 7.11 Å². The summed E-state index contributed by atoms with van der Waals surface area (Å²) in [5, 5.41) is 16.0. The first-order valence-corrected chi connectivity index (χ1v) is 11.9. The van der Waals surface area contributed by atoms with Crippen LogP contribution in [0.2, 0.25) is 0 Å². The maximum Gasteiger partial charge on any atom is 0.255 e. The molecule has 34 heavy (non-hydrogen) atoms. The molecule has 0 aromatic heterocycles. The number of nitrogens with one attached hydrogen (secondary N) is 2. The van der Waals surface area contributed by atoms with E-state index in [-0.39, 0.29) is 30.2 Å². The molecule has 0 fully saturated rings. The first-order chi connectivity index (χ1) is 16.2. The molecule has 4 unspecified atom stereocenters. The summed E-state index contributed by atoms with van der Waals surface area (Å²) in [7, 11) is 3.11. The molecule has 0 aliphatic carbocycles. The molecule has 0 spiro atoms. The molecular weight excluding hydrogens is 438 g/mol. The number of amides is 2. The van der Waals surface area contributed by atoms with Gasteiger partial charge in [0, 0.05) is 40.0 Å². The van der Waals surface area contributed by atoms with E-state index in [2.05, 4.69) is 24.5 Å². The average Bonchev–Trinajstić information content (AvgIpc) is 2.83. The van der Waals surface area contributed by atoms with Crippen LogP contribution < -0.4 is 21.1 Å². The van der Waals surface area contributed by atoms with Crippen LogP contribution in [0.1, 0.15) is 50.4 Å². The van der Waals surface area contributed by atoms with Gasteiger partial charge >= 0.3 is 0 Å². The Morgan fingerprint density at radius 2 is 1.71 bits per heavy atom. The van der Waals surface area contributed by atoms with Crippen LogP contribution in [-0.2, 0) is 14.3 Å². The van der Waals surface area contributed by atoms with Crippen LogP contribution >= 0.6 is 0 Å². The minimum Gasteiger partial charge on any atom is -0.493 e. The normalized spacial score (nSPS) is 14.8. The SMILES string of the molecule is COCCCCOc1ccccc1C(=O)NCC(CC(N)C(O)CNC(=O)C(C)OC)C(C)C. The fraction of sp³-hybridized carbons (Fsp3) is 0.680. The van der Waals surface area contributed by atoms with Gasteiger partial charge in [0.1, 0.15) is 11.9 Å². The van der Waals surface area contributed by atoms with Gasteiger partial charge in [-0.1, -0.05) is 26.0 Å². The van der Waals surface area contributed by atoms with Crippen molar-refractivity contribution in [3.05, 3.63) is 29.8 Å². The van der Waals surface area contributed by atoms with Crippen LogP contribution in [-0.4, -0.2) is 75.7 Å². The van der Waals surface area contributed by atoms with Gasteiger partial charge in [0.25, 0.3) is 5.91 Å². The van der Waals surface area contributed by atoms with Crippen LogP contribution in [0.4, 0.5) is 0 Å². The van der Waals surface area contributed by atoms with E-state index in [4.69, 9.17) is 19.9 Å². The lowest BCUT2D eigenvalue weighted by Crippen LogP contribution is -2.47. The number of methoxy groups -OCH3 is 2. The van der Waals surface area contributed by atoms with Crippen molar-refractivity contribution in [1.29, 1.82) is 0 Å². The minimum absolute atomic E-state index is 0.0416. The van der Waals surface area contributed by atoms with Crippen molar-refractivity contribution < 1.29 is 28.9 Å². The maximum atomic E-state index is 12.9. The number of hydrogen-bond donors (Lipinski definition) is 4. The molecule has 9 heteroatoms. The van der Waals surface area contributed by atoms with Gasteiger partial charge in [-0.2, -0.15) is 0 Å². The van der Waals surface area contributed by atoms with E-state index < -0.39 is 18.2 Å². The van der Waals surface area contributed by atoms with Gasteiger partial charge in [-0.05, 0) is 50.2 Å². The van der Waals surface area contributed by atoms with E-state index >= 15 is 0 Å². The van der Waals surface area contributed by atoms with Crippen molar-refractivity contribution >= 4 is 11.8 Å². The molecule has 5 N–H and O–H groups in total. The van der Waals surface area contributed by atoms with E-state index in [0.29, 0.717) is 37.5 Å². The number of hydrogen-bond acceptors (Lipinski definition) is 7. The first-order valence-electron chi connectivity index (χ1n) is 11.9.